The van der Waals surface area contributed by atoms with Crippen LogP contribution in [0.25, 0.3) is 0 Å². The van der Waals surface area contributed by atoms with Gasteiger partial charge < -0.3 is 4.74 Å². The Hall–Kier alpha value is -2.04. The number of hydrogen-bond donors (Lipinski definition) is 1. The summed E-state index contributed by atoms with van der Waals surface area (Å²) in [4.78, 5) is 11.9. The Bertz CT molecular complexity index is 776. The normalized spacial score (nSPS) is 11.3. The van der Waals surface area contributed by atoms with Gasteiger partial charge in [0, 0.05) is 22.0 Å². The van der Waals surface area contributed by atoms with E-state index in [1.54, 1.807) is 19.1 Å². The Morgan fingerprint density at radius 1 is 1.20 bits per heavy atom. The fourth-order valence-electron chi connectivity index (χ4n) is 2.21. The Morgan fingerprint density at radius 3 is 2.68 bits per heavy atom. The van der Waals surface area contributed by atoms with Gasteiger partial charge in [0.05, 0.1) is 12.3 Å². The molecule has 0 saturated heterocycles. The van der Waals surface area contributed by atoms with Crippen molar-refractivity contribution in [1.29, 1.82) is 0 Å². The molecule has 0 aromatic heterocycles. The zero-order chi connectivity index (χ0) is 18.2. The second-order valence-electron chi connectivity index (χ2n) is 5.57. The molecule has 0 spiro atoms. The second kappa shape index (κ2) is 9.44. The molecule has 1 amide bonds. The summed E-state index contributed by atoms with van der Waals surface area (Å²) in [7, 11) is 0. The van der Waals surface area contributed by atoms with Crippen LogP contribution in [0.1, 0.15) is 30.9 Å². The molecule has 0 aliphatic heterocycles. The molecule has 0 heterocycles. The molecule has 0 radical (unpaired) electrons. The molecule has 6 heteroatoms. The summed E-state index contributed by atoms with van der Waals surface area (Å²) < 4.78 is 5.66. The molecule has 0 aliphatic rings. The smallest absolute Gasteiger partial charge is 0.240 e. The first-order valence-corrected chi connectivity index (χ1v) is 8.70. The third-order valence-electron chi connectivity index (χ3n) is 3.55. The predicted molar refractivity (Wildman–Crippen MR) is 103 cm³/mol. The van der Waals surface area contributed by atoms with Gasteiger partial charge >= 0.3 is 0 Å². The highest BCUT2D eigenvalue weighted by Gasteiger charge is 2.05. The van der Waals surface area contributed by atoms with E-state index >= 15 is 0 Å². The number of halogens is 2. The van der Waals surface area contributed by atoms with Crippen LogP contribution in [0, 0.1) is 6.92 Å². The van der Waals surface area contributed by atoms with Crippen LogP contribution in [0.5, 0.6) is 5.75 Å². The van der Waals surface area contributed by atoms with Crippen molar-refractivity contribution in [1.82, 2.24) is 5.43 Å². The first kappa shape index (κ1) is 19.3. The van der Waals surface area contributed by atoms with E-state index in [1.165, 1.54) is 0 Å². The van der Waals surface area contributed by atoms with Crippen LogP contribution in [0.4, 0.5) is 0 Å². The number of rotatable bonds is 7. The van der Waals surface area contributed by atoms with Gasteiger partial charge in [0.15, 0.2) is 0 Å². The van der Waals surface area contributed by atoms with Crippen molar-refractivity contribution in [2.75, 3.05) is 6.61 Å². The van der Waals surface area contributed by atoms with E-state index in [-0.39, 0.29) is 5.91 Å². The van der Waals surface area contributed by atoms with E-state index in [2.05, 4.69) is 10.5 Å². The Labute approximate surface area is 157 Å². The first-order chi connectivity index (χ1) is 12.0. The van der Waals surface area contributed by atoms with Crippen LogP contribution in [0.3, 0.4) is 0 Å². The van der Waals surface area contributed by atoms with E-state index in [0.29, 0.717) is 35.2 Å². The maximum atomic E-state index is 11.9. The minimum Gasteiger partial charge on any atom is -0.493 e. The van der Waals surface area contributed by atoms with Crippen LogP contribution in [0.15, 0.2) is 47.6 Å². The van der Waals surface area contributed by atoms with Crippen molar-refractivity contribution in [3.8, 4) is 5.75 Å². The highest BCUT2D eigenvalue weighted by atomic mass is 35.5. The lowest BCUT2D eigenvalue weighted by Gasteiger charge is -2.09. The number of hydrazone groups is 1. The third kappa shape index (κ3) is 6.07. The van der Waals surface area contributed by atoms with Gasteiger partial charge in [-0.25, -0.2) is 5.43 Å². The van der Waals surface area contributed by atoms with E-state index in [0.717, 1.165) is 16.9 Å². The summed E-state index contributed by atoms with van der Waals surface area (Å²) in [5, 5.41) is 5.37. The lowest BCUT2D eigenvalue weighted by Crippen LogP contribution is -2.19. The number of ether oxygens (including phenoxy) is 1. The second-order valence-corrected chi connectivity index (χ2v) is 6.42. The average molecular weight is 379 g/mol. The maximum Gasteiger partial charge on any atom is 0.240 e. The zero-order valence-corrected chi connectivity index (χ0v) is 15.7. The van der Waals surface area contributed by atoms with Crippen molar-refractivity contribution in [3.05, 3.63) is 63.6 Å². The predicted octanol–water partition coefficient (Wildman–Crippen LogP) is 5.00. The van der Waals surface area contributed by atoms with Gasteiger partial charge in [-0.2, -0.15) is 5.10 Å². The van der Waals surface area contributed by atoms with Crippen molar-refractivity contribution in [2.24, 2.45) is 5.10 Å². The Morgan fingerprint density at radius 2 is 1.96 bits per heavy atom. The largest absolute Gasteiger partial charge is 0.493 e. The molecular formula is C19H20Cl2N2O2. The van der Waals surface area contributed by atoms with Crippen molar-refractivity contribution in [3.63, 3.8) is 0 Å². The number of carbonyl (C=O) groups excluding carboxylic acids is 1. The lowest BCUT2D eigenvalue weighted by molar-refractivity contribution is -0.121. The Kier molecular flexibility index (Phi) is 7.29. The molecule has 0 bridgehead atoms. The van der Waals surface area contributed by atoms with E-state index in [9.17, 15) is 4.79 Å². The topological polar surface area (TPSA) is 50.7 Å². The maximum absolute atomic E-state index is 11.9. The average Bonchev–Trinajstić information content (AvgIpc) is 2.58. The highest BCUT2D eigenvalue weighted by Crippen LogP contribution is 2.22. The molecule has 25 heavy (non-hydrogen) atoms. The molecule has 0 saturated carbocycles. The minimum absolute atomic E-state index is 0.164. The van der Waals surface area contributed by atoms with Crippen LogP contribution in [-0.4, -0.2) is 18.2 Å². The molecular weight excluding hydrogens is 359 g/mol. The van der Waals surface area contributed by atoms with Crippen LogP contribution >= 0.6 is 23.2 Å². The van der Waals surface area contributed by atoms with Gasteiger partial charge in [0.1, 0.15) is 5.75 Å². The zero-order valence-electron chi connectivity index (χ0n) is 14.2. The monoisotopic (exact) mass is 378 g/mol. The number of carbonyl (C=O) groups is 1. The van der Waals surface area contributed by atoms with Gasteiger partial charge in [-0.3, -0.25) is 4.79 Å². The number of nitrogens with one attached hydrogen (secondary N) is 1. The summed E-state index contributed by atoms with van der Waals surface area (Å²) in [6, 6.07) is 12.8. The first-order valence-electron chi connectivity index (χ1n) is 7.94. The summed E-state index contributed by atoms with van der Waals surface area (Å²) >= 11 is 12.0. The summed E-state index contributed by atoms with van der Waals surface area (Å²) in [5.74, 6) is 0.611. The highest BCUT2D eigenvalue weighted by molar-refractivity contribution is 6.34. The van der Waals surface area contributed by atoms with Gasteiger partial charge in [-0.15, -0.1) is 0 Å². The number of hydrogen-bond acceptors (Lipinski definition) is 3. The van der Waals surface area contributed by atoms with Crippen molar-refractivity contribution in [2.45, 2.75) is 26.7 Å². The van der Waals surface area contributed by atoms with Crippen molar-refractivity contribution >= 4 is 34.8 Å². The summed E-state index contributed by atoms with van der Waals surface area (Å²) in [5.41, 5.74) is 4.97. The molecule has 0 unspecified atom stereocenters. The quantitative estimate of drug-likeness (QED) is 0.418. The van der Waals surface area contributed by atoms with Gasteiger partial charge in [-0.1, -0.05) is 41.4 Å². The molecule has 132 valence electrons. The molecule has 0 fully saturated rings. The minimum atomic E-state index is -0.164. The number of aryl methyl sites for hydroxylation is 1. The number of amides is 1. The third-order valence-corrected chi connectivity index (χ3v) is 4.12. The molecule has 1 N–H and O–H groups in total. The molecule has 2 aromatic rings. The fourth-order valence-corrected chi connectivity index (χ4v) is 2.71. The van der Waals surface area contributed by atoms with Crippen LogP contribution in [0.2, 0.25) is 10.0 Å². The molecule has 4 nitrogen and oxygen atoms in total. The van der Waals surface area contributed by atoms with Gasteiger partial charge in [-0.05, 0) is 50.1 Å². The molecule has 2 rings (SSSR count). The number of benzene rings is 2. The van der Waals surface area contributed by atoms with Crippen LogP contribution < -0.4 is 10.2 Å². The van der Waals surface area contributed by atoms with Crippen LogP contribution in [-0.2, 0) is 4.79 Å². The lowest BCUT2D eigenvalue weighted by atomic mass is 10.1. The standard InChI is InChI=1S/C19H20Cl2N2O2/c1-13-12-15(20)9-10-18(13)25-11-5-8-19(24)23-22-14(2)16-6-3-4-7-17(16)21/h3-4,6-7,9-10,12H,5,8,11H2,1-2H3,(H,23,24)/b22-14+. The van der Waals surface area contributed by atoms with E-state index in [1.807, 2.05) is 37.3 Å². The summed E-state index contributed by atoms with van der Waals surface area (Å²) in [6.45, 7) is 4.18. The van der Waals surface area contributed by atoms with Gasteiger partial charge in [0.2, 0.25) is 5.91 Å². The van der Waals surface area contributed by atoms with Crippen molar-refractivity contribution < 1.29 is 9.53 Å². The van der Waals surface area contributed by atoms with Gasteiger partial charge in [0.25, 0.3) is 0 Å². The van der Waals surface area contributed by atoms with E-state index in [4.69, 9.17) is 27.9 Å². The summed E-state index contributed by atoms with van der Waals surface area (Å²) in [6.07, 6.45) is 0.917. The van der Waals surface area contributed by atoms with E-state index < -0.39 is 0 Å². The molecule has 0 atom stereocenters. The SMILES string of the molecule is C/C(=N\NC(=O)CCCOc1ccc(Cl)cc1C)c1ccccc1Cl. The molecule has 2 aromatic carbocycles. The Balaban J connectivity index is 1.75. The molecule has 0 aliphatic carbocycles. The fraction of sp³-hybridized carbons (Fsp3) is 0.263. The number of nitrogens with zero attached hydrogens (tertiary/aromatic N) is 1.